The van der Waals surface area contributed by atoms with E-state index in [1.54, 1.807) is 20.8 Å². The van der Waals surface area contributed by atoms with Crippen molar-refractivity contribution in [2.75, 3.05) is 0 Å². The van der Waals surface area contributed by atoms with Crippen LogP contribution in [0.3, 0.4) is 0 Å². The lowest BCUT2D eigenvalue weighted by Crippen LogP contribution is -2.33. The molecule has 0 saturated carbocycles. The van der Waals surface area contributed by atoms with Crippen molar-refractivity contribution in [3.63, 3.8) is 0 Å². The molecule has 118 valence electrons. The predicted molar refractivity (Wildman–Crippen MR) is 69.1 cm³/mol. The molecule has 0 aromatic heterocycles. The largest absolute Gasteiger partial charge is 0.573 e. The maximum Gasteiger partial charge on any atom is 0.573 e. The van der Waals surface area contributed by atoms with Gasteiger partial charge in [-0.2, -0.15) is 0 Å². The molecule has 0 heterocycles. The Morgan fingerprint density at radius 1 is 1.10 bits per heavy atom. The van der Waals surface area contributed by atoms with Gasteiger partial charge in [0.1, 0.15) is 5.60 Å². The number of esters is 1. The number of hydrogen-bond acceptors (Lipinski definition) is 4. The molecule has 0 aliphatic carbocycles. The Kier molecular flexibility index (Phi) is 5.09. The summed E-state index contributed by atoms with van der Waals surface area (Å²) in [6.45, 7) is 6.42. The van der Waals surface area contributed by atoms with Crippen LogP contribution in [0.5, 0.6) is 11.5 Å². The second-order valence-electron chi connectivity index (χ2n) is 5.29. The molecule has 4 nitrogen and oxygen atoms in total. The summed E-state index contributed by atoms with van der Waals surface area (Å²) in [7, 11) is 0. The average molecular weight is 306 g/mol. The van der Waals surface area contributed by atoms with E-state index in [1.807, 2.05) is 0 Å². The molecule has 0 amide bonds. The number of benzene rings is 1. The van der Waals surface area contributed by atoms with Crippen LogP contribution in [0.4, 0.5) is 13.2 Å². The molecule has 0 radical (unpaired) electrons. The molecule has 21 heavy (non-hydrogen) atoms. The molecule has 0 aliphatic heterocycles. The van der Waals surface area contributed by atoms with Gasteiger partial charge in [0.15, 0.2) is 17.6 Å². The fourth-order valence-corrected chi connectivity index (χ4v) is 1.38. The normalized spacial score (nSPS) is 13.5. The van der Waals surface area contributed by atoms with Crippen LogP contribution in [0.15, 0.2) is 24.3 Å². The topological polar surface area (TPSA) is 44.8 Å². The Morgan fingerprint density at radius 3 is 2.10 bits per heavy atom. The van der Waals surface area contributed by atoms with Gasteiger partial charge in [0.05, 0.1) is 0 Å². The Bertz CT molecular complexity index is 492. The quantitative estimate of drug-likeness (QED) is 0.796. The van der Waals surface area contributed by atoms with Gasteiger partial charge < -0.3 is 14.2 Å². The monoisotopic (exact) mass is 306 g/mol. The van der Waals surface area contributed by atoms with Crippen LogP contribution in [0, 0.1) is 0 Å². The van der Waals surface area contributed by atoms with Crippen LogP contribution in [0.25, 0.3) is 0 Å². The van der Waals surface area contributed by atoms with Crippen LogP contribution >= 0.6 is 0 Å². The highest BCUT2D eigenvalue weighted by Gasteiger charge is 2.33. The maximum absolute atomic E-state index is 12.3. The lowest BCUT2D eigenvalue weighted by molar-refractivity contribution is -0.275. The first kappa shape index (κ1) is 17.1. The summed E-state index contributed by atoms with van der Waals surface area (Å²) < 4.78 is 50.9. The van der Waals surface area contributed by atoms with Crippen molar-refractivity contribution in [1.82, 2.24) is 0 Å². The SMILES string of the molecule is CC(Oc1ccccc1OC(F)(F)F)C(=O)OC(C)(C)C. The van der Waals surface area contributed by atoms with E-state index >= 15 is 0 Å². The summed E-state index contributed by atoms with van der Waals surface area (Å²) in [5, 5.41) is 0. The van der Waals surface area contributed by atoms with E-state index in [0.29, 0.717) is 0 Å². The van der Waals surface area contributed by atoms with E-state index < -0.39 is 29.8 Å². The van der Waals surface area contributed by atoms with Crippen molar-refractivity contribution >= 4 is 5.97 Å². The first-order valence-corrected chi connectivity index (χ1v) is 6.22. The van der Waals surface area contributed by atoms with Gasteiger partial charge in [0.25, 0.3) is 0 Å². The highest BCUT2D eigenvalue weighted by Crippen LogP contribution is 2.32. The highest BCUT2D eigenvalue weighted by molar-refractivity contribution is 5.75. The minimum absolute atomic E-state index is 0.187. The van der Waals surface area contributed by atoms with Gasteiger partial charge in [-0.1, -0.05) is 12.1 Å². The van der Waals surface area contributed by atoms with Crippen molar-refractivity contribution < 1.29 is 32.2 Å². The van der Waals surface area contributed by atoms with Crippen molar-refractivity contribution in [2.45, 2.75) is 45.8 Å². The van der Waals surface area contributed by atoms with Crippen molar-refractivity contribution in [3.8, 4) is 11.5 Å². The molecular weight excluding hydrogens is 289 g/mol. The lowest BCUT2D eigenvalue weighted by atomic mass is 10.2. The van der Waals surface area contributed by atoms with E-state index in [2.05, 4.69) is 4.74 Å². The van der Waals surface area contributed by atoms with Gasteiger partial charge >= 0.3 is 12.3 Å². The molecule has 1 unspecified atom stereocenters. The van der Waals surface area contributed by atoms with E-state index in [4.69, 9.17) is 9.47 Å². The zero-order valence-electron chi connectivity index (χ0n) is 12.2. The Morgan fingerprint density at radius 2 is 1.62 bits per heavy atom. The van der Waals surface area contributed by atoms with Gasteiger partial charge in [0, 0.05) is 0 Å². The second-order valence-corrected chi connectivity index (χ2v) is 5.29. The van der Waals surface area contributed by atoms with Gasteiger partial charge in [-0.15, -0.1) is 13.2 Å². The van der Waals surface area contributed by atoms with Crippen LogP contribution < -0.4 is 9.47 Å². The number of ether oxygens (including phenoxy) is 3. The zero-order valence-corrected chi connectivity index (χ0v) is 12.2. The van der Waals surface area contributed by atoms with Gasteiger partial charge in [-0.05, 0) is 39.8 Å². The maximum atomic E-state index is 12.3. The van der Waals surface area contributed by atoms with E-state index in [0.717, 1.165) is 6.07 Å². The fraction of sp³-hybridized carbons (Fsp3) is 0.500. The Hall–Kier alpha value is -1.92. The second kappa shape index (κ2) is 6.24. The molecule has 1 aromatic rings. The van der Waals surface area contributed by atoms with Crippen molar-refractivity contribution in [2.24, 2.45) is 0 Å². The van der Waals surface area contributed by atoms with Crippen molar-refractivity contribution in [1.29, 1.82) is 0 Å². The summed E-state index contributed by atoms with van der Waals surface area (Å²) in [4.78, 5) is 11.7. The number of alkyl halides is 3. The molecular formula is C14H17F3O4. The third-order valence-corrected chi connectivity index (χ3v) is 2.12. The van der Waals surface area contributed by atoms with Gasteiger partial charge in [0.2, 0.25) is 0 Å². The smallest absolute Gasteiger partial charge is 0.475 e. The average Bonchev–Trinajstić information content (AvgIpc) is 2.27. The Balaban J connectivity index is 2.81. The van der Waals surface area contributed by atoms with E-state index in [9.17, 15) is 18.0 Å². The highest BCUT2D eigenvalue weighted by atomic mass is 19.4. The first-order valence-electron chi connectivity index (χ1n) is 6.22. The van der Waals surface area contributed by atoms with Gasteiger partial charge in [-0.25, -0.2) is 4.79 Å². The van der Waals surface area contributed by atoms with E-state index in [1.165, 1.54) is 25.1 Å². The third-order valence-electron chi connectivity index (χ3n) is 2.12. The molecule has 1 rings (SSSR count). The number of halogens is 3. The molecule has 0 bridgehead atoms. The number of carbonyl (C=O) groups is 1. The van der Waals surface area contributed by atoms with Gasteiger partial charge in [-0.3, -0.25) is 0 Å². The third kappa shape index (κ3) is 6.37. The van der Waals surface area contributed by atoms with Crippen LogP contribution in [0.2, 0.25) is 0 Å². The minimum Gasteiger partial charge on any atom is -0.475 e. The molecule has 0 N–H and O–H groups in total. The van der Waals surface area contributed by atoms with Crippen molar-refractivity contribution in [3.05, 3.63) is 24.3 Å². The first-order chi connectivity index (χ1) is 9.48. The summed E-state index contributed by atoms with van der Waals surface area (Å²) in [6.07, 6.45) is -5.91. The van der Waals surface area contributed by atoms with E-state index in [-0.39, 0.29) is 5.75 Å². The van der Waals surface area contributed by atoms with Crippen LogP contribution in [-0.4, -0.2) is 24.0 Å². The molecule has 0 aliphatic rings. The molecule has 0 fully saturated rings. The van der Waals surface area contributed by atoms with Crippen LogP contribution in [-0.2, 0) is 9.53 Å². The molecule has 1 atom stereocenters. The molecule has 1 aromatic carbocycles. The summed E-state index contributed by atoms with van der Waals surface area (Å²) in [5.74, 6) is -1.38. The predicted octanol–water partition coefficient (Wildman–Crippen LogP) is 3.69. The lowest BCUT2D eigenvalue weighted by Gasteiger charge is -2.23. The standard InChI is InChI=1S/C14H17F3O4/c1-9(12(18)21-13(2,3)4)19-10-7-5-6-8-11(10)20-14(15,16)17/h5-9H,1-4H3. The summed E-state index contributed by atoms with van der Waals surface area (Å²) >= 11 is 0. The summed E-state index contributed by atoms with van der Waals surface area (Å²) in [6, 6.07) is 5.22. The number of carbonyl (C=O) groups excluding carboxylic acids is 1. The van der Waals surface area contributed by atoms with Crippen LogP contribution in [0.1, 0.15) is 27.7 Å². The number of hydrogen-bond donors (Lipinski definition) is 0. The molecule has 0 spiro atoms. The number of rotatable bonds is 4. The zero-order chi connectivity index (χ0) is 16.3. The Labute approximate surface area is 120 Å². The molecule has 7 heteroatoms. The summed E-state index contributed by atoms with van der Waals surface area (Å²) in [5.41, 5.74) is -0.712. The fourth-order valence-electron chi connectivity index (χ4n) is 1.38. The minimum atomic E-state index is -4.84. The molecule has 0 saturated heterocycles. The number of para-hydroxylation sites is 2.